The molecule has 3 heterocycles. The Morgan fingerprint density at radius 1 is 1.30 bits per heavy atom. The number of aromatic nitrogens is 3. The highest BCUT2D eigenvalue weighted by molar-refractivity contribution is 5.94. The SMILES string of the molecule is Cn1cc(C(=O)NC2CCCN(c3ncccn3)C2)ccc1=O. The lowest BCUT2D eigenvalue weighted by Crippen LogP contribution is -2.48. The highest BCUT2D eigenvalue weighted by atomic mass is 16.2. The van der Waals surface area contributed by atoms with Crippen LogP contribution < -0.4 is 15.8 Å². The summed E-state index contributed by atoms with van der Waals surface area (Å²) < 4.78 is 1.40. The molecule has 7 heteroatoms. The van der Waals surface area contributed by atoms with E-state index >= 15 is 0 Å². The topological polar surface area (TPSA) is 80.1 Å². The summed E-state index contributed by atoms with van der Waals surface area (Å²) in [7, 11) is 1.63. The first-order chi connectivity index (χ1) is 11.1. The van der Waals surface area contributed by atoms with Crippen LogP contribution in [0.4, 0.5) is 5.95 Å². The van der Waals surface area contributed by atoms with Gasteiger partial charge >= 0.3 is 0 Å². The number of carbonyl (C=O) groups is 1. The largest absolute Gasteiger partial charge is 0.347 e. The fourth-order valence-corrected chi connectivity index (χ4v) is 2.73. The molecule has 1 fully saturated rings. The summed E-state index contributed by atoms with van der Waals surface area (Å²) in [6.07, 6.45) is 6.87. The molecule has 120 valence electrons. The van der Waals surface area contributed by atoms with Crippen molar-refractivity contribution in [2.45, 2.75) is 18.9 Å². The molecule has 1 N–H and O–H groups in total. The van der Waals surface area contributed by atoms with Crippen LogP contribution in [0.2, 0.25) is 0 Å². The molecule has 1 aliphatic rings. The first-order valence-electron chi connectivity index (χ1n) is 7.63. The number of hydrogen-bond donors (Lipinski definition) is 1. The molecule has 1 atom stereocenters. The molecule has 23 heavy (non-hydrogen) atoms. The van der Waals surface area contributed by atoms with E-state index in [0.29, 0.717) is 18.1 Å². The second kappa shape index (κ2) is 6.60. The Bertz CT molecular complexity index is 744. The number of hydrogen-bond acceptors (Lipinski definition) is 5. The number of piperidine rings is 1. The van der Waals surface area contributed by atoms with Crippen LogP contribution in [-0.2, 0) is 7.05 Å². The number of rotatable bonds is 3. The predicted molar refractivity (Wildman–Crippen MR) is 86.4 cm³/mol. The molecule has 0 saturated carbocycles. The summed E-state index contributed by atoms with van der Waals surface area (Å²) in [6.45, 7) is 1.57. The second-order valence-electron chi connectivity index (χ2n) is 5.67. The van der Waals surface area contributed by atoms with Gasteiger partial charge in [-0.15, -0.1) is 0 Å². The Labute approximate surface area is 134 Å². The highest BCUT2D eigenvalue weighted by Gasteiger charge is 2.23. The van der Waals surface area contributed by atoms with Crippen molar-refractivity contribution in [2.75, 3.05) is 18.0 Å². The average molecular weight is 313 g/mol. The van der Waals surface area contributed by atoms with Crippen molar-refractivity contribution >= 4 is 11.9 Å². The Balaban J connectivity index is 1.66. The molecule has 0 spiro atoms. The number of amides is 1. The predicted octanol–water partition coefficient (Wildman–Crippen LogP) is 0.574. The monoisotopic (exact) mass is 313 g/mol. The molecule has 0 radical (unpaired) electrons. The first-order valence-corrected chi connectivity index (χ1v) is 7.63. The zero-order valence-corrected chi connectivity index (χ0v) is 13.0. The van der Waals surface area contributed by atoms with Gasteiger partial charge in [-0.05, 0) is 25.0 Å². The third kappa shape index (κ3) is 3.56. The molecule has 1 unspecified atom stereocenters. The van der Waals surface area contributed by atoms with Crippen LogP contribution in [0.25, 0.3) is 0 Å². The minimum atomic E-state index is -0.165. The zero-order chi connectivity index (χ0) is 16.2. The van der Waals surface area contributed by atoms with Crippen LogP contribution in [-0.4, -0.2) is 39.6 Å². The van der Waals surface area contributed by atoms with E-state index < -0.39 is 0 Å². The normalized spacial score (nSPS) is 17.8. The van der Waals surface area contributed by atoms with Gasteiger partial charge in [-0.3, -0.25) is 9.59 Å². The van der Waals surface area contributed by atoms with E-state index in [-0.39, 0.29) is 17.5 Å². The highest BCUT2D eigenvalue weighted by Crippen LogP contribution is 2.15. The van der Waals surface area contributed by atoms with Crippen molar-refractivity contribution in [3.05, 3.63) is 52.7 Å². The van der Waals surface area contributed by atoms with Crippen molar-refractivity contribution in [1.29, 1.82) is 0 Å². The van der Waals surface area contributed by atoms with E-state index in [9.17, 15) is 9.59 Å². The van der Waals surface area contributed by atoms with E-state index in [0.717, 1.165) is 19.4 Å². The molecular formula is C16H19N5O2. The maximum absolute atomic E-state index is 12.3. The summed E-state index contributed by atoms with van der Waals surface area (Å²) in [6, 6.07) is 4.78. The molecular weight excluding hydrogens is 294 g/mol. The van der Waals surface area contributed by atoms with Crippen LogP contribution in [0.1, 0.15) is 23.2 Å². The van der Waals surface area contributed by atoms with Crippen LogP contribution in [0.5, 0.6) is 0 Å². The zero-order valence-electron chi connectivity index (χ0n) is 13.0. The summed E-state index contributed by atoms with van der Waals surface area (Å²) in [5, 5.41) is 3.03. The summed E-state index contributed by atoms with van der Waals surface area (Å²) >= 11 is 0. The lowest BCUT2D eigenvalue weighted by atomic mass is 10.1. The average Bonchev–Trinajstić information content (AvgIpc) is 2.58. The molecule has 1 aliphatic heterocycles. The van der Waals surface area contributed by atoms with Crippen molar-refractivity contribution in [3.8, 4) is 0 Å². The van der Waals surface area contributed by atoms with Gasteiger partial charge in [-0.1, -0.05) is 0 Å². The van der Waals surface area contributed by atoms with Crippen molar-refractivity contribution < 1.29 is 4.79 Å². The van der Waals surface area contributed by atoms with Crippen molar-refractivity contribution in [3.63, 3.8) is 0 Å². The van der Waals surface area contributed by atoms with Crippen LogP contribution in [0.15, 0.2) is 41.6 Å². The Kier molecular flexibility index (Phi) is 4.36. The molecule has 7 nitrogen and oxygen atoms in total. The Hall–Kier alpha value is -2.70. The molecule has 1 saturated heterocycles. The lowest BCUT2D eigenvalue weighted by molar-refractivity contribution is 0.0932. The van der Waals surface area contributed by atoms with Gasteiger partial charge < -0.3 is 14.8 Å². The Morgan fingerprint density at radius 2 is 2.09 bits per heavy atom. The lowest BCUT2D eigenvalue weighted by Gasteiger charge is -2.33. The first kappa shape index (κ1) is 15.2. The fourth-order valence-electron chi connectivity index (χ4n) is 2.73. The fraction of sp³-hybridized carbons (Fsp3) is 0.375. The number of pyridine rings is 1. The molecule has 1 amide bonds. The smallest absolute Gasteiger partial charge is 0.253 e. The number of anilines is 1. The van der Waals surface area contributed by atoms with Crippen LogP contribution in [0.3, 0.4) is 0 Å². The van der Waals surface area contributed by atoms with Crippen molar-refractivity contribution in [1.82, 2.24) is 19.9 Å². The third-order valence-electron chi connectivity index (χ3n) is 3.94. The van der Waals surface area contributed by atoms with Gasteiger partial charge in [0, 0.05) is 50.8 Å². The minimum absolute atomic E-state index is 0.0392. The maximum Gasteiger partial charge on any atom is 0.253 e. The summed E-state index contributed by atoms with van der Waals surface area (Å²) in [5.74, 6) is 0.523. The number of nitrogens with zero attached hydrogens (tertiary/aromatic N) is 4. The van der Waals surface area contributed by atoms with E-state index in [1.54, 1.807) is 37.8 Å². The summed E-state index contributed by atoms with van der Waals surface area (Å²) in [5.41, 5.74) is 0.354. The van der Waals surface area contributed by atoms with Gasteiger partial charge in [0.1, 0.15) is 0 Å². The van der Waals surface area contributed by atoms with Gasteiger partial charge in [0.15, 0.2) is 0 Å². The molecule has 2 aromatic heterocycles. The number of carbonyl (C=O) groups excluding carboxylic acids is 1. The molecule has 0 bridgehead atoms. The summed E-state index contributed by atoms with van der Waals surface area (Å²) in [4.78, 5) is 34.3. The van der Waals surface area contributed by atoms with Gasteiger partial charge in [-0.2, -0.15) is 0 Å². The molecule has 3 rings (SSSR count). The van der Waals surface area contributed by atoms with E-state index in [4.69, 9.17) is 0 Å². The third-order valence-corrected chi connectivity index (χ3v) is 3.94. The van der Waals surface area contributed by atoms with Gasteiger partial charge in [0.25, 0.3) is 5.91 Å². The molecule has 0 aliphatic carbocycles. The van der Waals surface area contributed by atoms with E-state index in [1.807, 2.05) is 0 Å². The van der Waals surface area contributed by atoms with E-state index in [1.165, 1.54) is 10.6 Å². The van der Waals surface area contributed by atoms with Crippen molar-refractivity contribution in [2.24, 2.45) is 7.05 Å². The minimum Gasteiger partial charge on any atom is -0.347 e. The second-order valence-corrected chi connectivity index (χ2v) is 5.67. The van der Waals surface area contributed by atoms with Gasteiger partial charge in [0.2, 0.25) is 11.5 Å². The van der Waals surface area contributed by atoms with Crippen LogP contribution in [0, 0.1) is 0 Å². The molecule has 0 aromatic carbocycles. The van der Waals surface area contributed by atoms with E-state index in [2.05, 4.69) is 20.2 Å². The number of nitrogens with one attached hydrogen (secondary N) is 1. The number of aryl methyl sites for hydroxylation is 1. The quantitative estimate of drug-likeness (QED) is 0.896. The Morgan fingerprint density at radius 3 is 2.83 bits per heavy atom. The van der Waals surface area contributed by atoms with Gasteiger partial charge in [0.05, 0.1) is 5.56 Å². The van der Waals surface area contributed by atoms with Gasteiger partial charge in [-0.25, -0.2) is 9.97 Å². The maximum atomic E-state index is 12.3. The molecule has 2 aromatic rings. The standard InChI is InChI=1S/C16H19N5O2/c1-20-10-12(5-6-14(20)22)15(23)19-13-4-2-9-21(11-13)16-17-7-3-8-18-16/h3,5-8,10,13H,2,4,9,11H2,1H3,(H,19,23). The van der Waals surface area contributed by atoms with Crippen LogP contribution >= 0.6 is 0 Å².